The Balaban J connectivity index is 1.96. The first-order valence-corrected chi connectivity index (χ1v) is 6.54. The van der Waals surface area contributed by atoms with Gasteiger partial charge >= 0.3 is 0 Å². The highest BCUT2D eigenvalue weighted by molar-refractivity contribution is 5.77. The number of nitrogens with one attached hydrogen (secondary N) is 2. The quantitative estimate of drug-likeness (QED) is 0.879. The third-order valence-corrected chi connectivity index (χ3v) is 3.40. The highest BCUT2D eigenvalue weighted by atomic mass is 19.1. The minimum Gasteiger partial charge on any atom is -0.349 e. The molecular weight excluding hydrogens is 250 g/mol. The van der Waals surface area contributed by atoms with Gasteiger partial charge in [-0.25, -0.2) is 8.78 Å². The number of amides is 1. The fraction of sp³-hybridized carbons (Fsp3) is 0.500. The summed E-state index contributed by atoms with van der Waals surface area (Å²) in [4.78, 5) is 11.8. The van der Waals surface area contributed by atoms with Crippen molar-refractivity contribution in [2.45, 2.75) is 38.3 Å². The smallest absolute Gasteiger partial charge is 0.222 e. The van der Waals surface area contributed by atoms with E-state index in [9.17, 15) is 13.6 Å². The molecule has 2 unspecified atom stereocenters. The summed E-state index contributed by atoms with van der Waals surface area (Å²) in [6.07, 6.45) is 2.38. The molecule has 0 radical (unpaired) electrons. The Bertz CT molecular complexity index is 439. The van der Waals surface area contributed by atoms with Crippen LogP contribution in [0.25, 0.3) is 0 Å². The van der Waals surface area contributed by atoms with Crippen LogP contribution >= 0.6 is 0 Å². The average Bonchev–Trinajstić information content (AvgIpc) is 2.81. The van der Waals surface area contributed by atoms with E-state index in [1.807, 2.05) is 0 Å². The number of carbonyl (C=O) groups is 1. The van der Waals surface area contributed by atoms with Crippen molar-refractivity contribution in [3.63, 3.8) is 0 Å². The number of benzene rings is 1. The maximum Gasteiger partial charge on any atom is 0.222 e. The zero-order chi connectivity index (χ0) is 13.8. The Kier molecular flexibility index (Phi) is 4.47. The number of rotatable bonds is 4. The zero-order valence-electron chi connectivity index (χ0n) is 10.9. The molecule has 0 spiro atoms. The highest BCUT2D eigenvalue weighted by Crippen LogP contribution is 2.20. The molecule has 1 saturated heterocycles. The lowest BCUT2D eigenvalue weighted by Gasteiger charge is -2.17. The number of hydrogen-bond acceptors (Lipinski definition) is 2. The van der Waals surface area contributed by atoms with E-state index in [1.165, 1.54) is 18.2 Å². The maximum atomic E-state index is 13.6. The van der Waals surface area contributed by atoms with Crippen LogP contribution < -0.4 is 10.6 Å². The molecule has 2 rings (SSSR count). The van der Waals surface area contributed by atoms with E-state index in [1.54, 1.807) is 6.92 Å². The molecule has 3 nitrogen and oxygen atoms in total. The normalized spacial score (nSPS) is 20.3. The first-order chi connectivity index (χ1) is 9.08. The van der Waals surface area contributed by atoms with Crippen molar-refractivity contribution in [1.29, 1.82) is 0 Å². The Morgan fingerprint density at radius 2 is 2.16 bits per heavy atom. The summed E-state index contributed by atoms with van der Waals surface area (Å²) in [5.74, 6) is -1.45. The fourth-order valence-electron chi connectivity index (χ4n) is 2.45. The van der Waals surface area contributed by atoms with E-state index in [-0.39, 0.29) is 17.5 Å². The molecule has 19 heavy (non-hydrogen) atoms. The van der Waals surface area contributed by atoms with Gasteiger partial charge < -0.3 is 10.6 Å². The van der Waals surface area contributed by atoms with Crippen LogP contribution in [0, 0.1) is 11.6 Å². The third-order valence-electron chi connectivity index (χ3n) is 3.40. The van der Waals surface area contributed by atoms with Gasteiger partial charge in [-0.05, 0) is 38.4 Å². The van der Waals surface area contributed by atoms with Crippen molar-refractivity contribution >= 4 is 5.91 Å². The molecule has 0 aliphatic carbocycles. The molecule has 0 saturated carbocycles. The monoisotopic (exact) mass is 268 g/mol. The Morgan fingerprint density at radius 3 is 2.74 bits per heavy atom. The lowest BCUT2D eigenvalue weighted by atomic mass is 10.1. The first kappa shape index (κ1) is 13.9. The SMILES string of the molecule is CC(NC(=O)CC1CCCN1)c1c(F)cccc1F. The predicted molar refractivity (Wildman–Crippen MR) is 68.6 cm³/mol. The maximum absolute atomic E-state index is 13.6. The molecule has 1 aromatic rings. The minimum absolute atomic E-state index is 0.0877. The predicted octanol–water partition coefficient (Wildman–Crippen LogP) is 2.28. The highest BCUT2D eigenvalue weighted by Gasteiger charge is 2.21. The fourth-order valence-corrected chi connectivity index (χ4v) is 2.45. The van der Waals surface area contributed by atoms with E-state index in [0.29, 0.717) is 6.42 Å². The topological polar surface area (TPSA) is 41.1 Å². The summed E-state index contributed by atoms with van der Waals surface area (Å²) in [5, 5.41) is 5.86. The second-order valence-electron chi connectivity index (χ2n) is 4.92. The van der Waals surface area contributed by atoms with Crippen molar-refractivity contribution in [1.82, 2.24) is 10.6 Å². The van der Waals surface area contributed by atoms with Crippen molar-refractivity contribution in [2.75, 3.05) is 6.54 Å². The molecule has 1 fully saturated rings. The van der Waals surface area contributed by atoms with Gasteiger partial charge in [0.25, 0.3) is 0 Å². The minimum atomic E-state index is -0.671. The van der Waals surface area contributed by atoms with Gasteiger partial charge in [0, 0.05) is 18.0 Å². The van der Waals surface area contributed by atoms with Gasteiger partial charge in [-0.2, -0.15) is 0 Å². The van der Waals surface area contributed by atoms with Gasteiger partial charge in [0.1, 0.15) is 11.6 Å². The summed E-state index contributed by atoms with van der Waals surface area (Å²) in [6, 6.07) is 3.21. The van der Waals surface area contributed by atoms with Gasteiger partial charge in [-0.1, -0.05) is 6.07 Å². The van der Waals surface area contributed by atoms with E-state index in [4.69, 9.17) is 0 Å². The molecular formula is C14H18F2N2O. The van der Waals surface area contributed by atoms with Crippen molar-refractivity contribution in [2.24, 2.45) is 0 Å². The summed E-state index contributed by atoms with van der Waals surface area (Å²) in [7, 11) is 0. The van der Waals surface area contributed by atoms with Crippen LogP contribution in [0.2, 0.25) is 0 Å². The number of halogens is 2. The van der Waals surface area contributed by atoms with Crippen LogP contribution in [0.3, 0.4) is 0 Å². The molecule has 104 valence electrons. The molecule has 2 N–H and O–H groups in total. The first-order valence-electron chi connectivity index (χ1n) is 6.54. The second-order valence-corrected chi connectivity index (χ2v) is 4.92. The van der Waals surface area contributed by atoms with Gasteiger partial charge in [-0.3, -0.25) is 4.79 Å². The molecule has 0 bridgehead atoms. The third kappa shape index (κ3) is 3.50. The van der Waals surface area contributed by atoms with E-state index in [0.717, 1.165) is 19.4 Å². The van der Waals surface area contributed by atoms with E-state index < -0.39 is 17.7 Å². The Morgan fingerprint density at radius 1 is 1.47 bits per heavy atom. The Labute approximate surface area is 111 Å². The number of hydrogen-bond donors (Lipinski definition) is 2. The molecule has 1 heterocycles. The summed E-state index contributed by atoms with van der Waals surface area (Å²) in [5.41, 5.74) is -0.0877. The summed E-state index contributed by atoms with van der Waals surface area (Å²) < 4.78 is 27.1. The standard InChI is InChI=1S/C14H18F2N2O/c1-9(14-11(15)5-2-6-12(14)16)18-13(19)8-10-4-3-7-17-10/h2,5-6,9-10,17H,3-4,7-8H2,1H3,(H,18,19). The number of carbonyl (C=O) groups excluding carboxylic acids is 1. The lowest BCUT2D eigenvalue weighted by Crippen LogP contribution is -2.33. The van der Waals surface area contributed by atoms with Crippen molar-refractivity contribution in [3.8, 4) is 0 Å². The van der Waals surface area contributed by atoms with Gasteiger partial charge in [0.2, 0.25) is 5.91 Å². The van der Waals surface area contributed by atoms with Gasteiger partial charge in [0.15, 0.2) is 0 Å². The molecule has 1 aliphatic rings. The van der Waals surface area contributed by atoms with Crippen LogP contribution in [0.1, 0.15) is 37.8 Å². The van der Waals surface area contributed by atoms with Crippen molar-refractivity contribution in [3.05, 3.63) is 35.4 Å². The van der Waals surface area contributed by atoms with Crippen LogP contribution in [0.5, 0.6) is 0 Å². The largest absolute Gasteiger partial charge is 0.349 e. The molecule has 1 amide bonds. The molecule has 0 aromatic heterocycles. The van der Waals surface area contributed by atoms with Crippen molar-refractivity contribution < 1.29 is 13.6 Å². The lowest BCUT2D eigenvalue weighted by molar-refractivity contribution is -0.122. The molecule has 1 aromatic carbocycles. The van der Waals surface area contributed by atoms with E-state index in [2.05, 4.69) is 10.6 Å². The van der Waals surface area contributed by atoms with Crippen LogP contribution in [0.15, 0.2) is 18.2 Å². The van der Waals surface area contributed by atoms with Crippen LogP contribution in [-0.2, 0) is 4.79 Å². The molecule has 5 heteroatoms. The van der Waals surface area contributed by atoms with Crippen LogP contribution in [0.4, 0.5) is 8.78 Å². The van der Waals surface area contributed by atoms with Crippen LogP contribution in [-0.4, -0.2) is 18.5 Å². The Hall–Kier alpha value is -1.49. The average molecular weight is 268 g/mol. The molecule has 1 aliphatic heterocycles. The summed E-state index contributed by atoms with van der Waals surface area (Å²) in [6.45, 7) is 2.51. The van der Waals surface area contributed by atoms with Gasteiger partial charge in [0.05, 0.1) is 6.04 Å². The molecule has 2 atom stereocenters. The van der Waals surface area contributed by atoms with Gasteiger partial charge in [-0.15, -0.1) is 0 Å². The van der Waals surface area contributed by atoms with E-state index >= 15 is 0 Å². The second kappa shape index (κ2) is 6.10. The summed E-state index contributed by atoms with van der Waals surface area (Å²) >= 11 is 0. The zero-order valence-corrected chi connectivity index (χ0v) is 10.9.